The molecule has 0 spiro atoms. The van der Waals surface area contributed by atoms with Crippen molar-refractivity contribution in [2.75, 3.05) is 28.4 Å². The smallest absolute Gasteiger partial charge is 0.203 e. The van der Waals surface area contributed by atoms with Gasteiger partial charge in [-0.2, -0.15) is 0 Å². The summed E-state index contributed by atoms with van der Waals surface area (Å²) in [5.41, 5.74) is 1.98. The van der Waals surface area contributed by atoms with Crippen molar-refractivity contribution < 1.29 is 33.9 Å². The van der Waals surface area contributed by atoms with E-state index in [9.17, 15) is 10.2 Å². The van der Waals surface area contributed by atoms with E-state index in [1.807, 2.05) is 30.3 Å². The van der Waals surface area contributed by atoms with Crippen molar-refractivity contribution in [3.63, 3.8) is 0 Å². The van der Waals surface area contributed by atoms with Crippen LogP contribution in [0.25, 0.3) is 0 Å². The van der Waals surface area contributed by atoms with Gasteiger partial charge in [0.05, 0.1) is 28.4 Å². The lowest BCUT2D eigenvalue weighted by Crippen LogP contribution is -2.02. The molecule has 2 N–H and O–H groups in total. The molecule has 0 aliphatic rings. The highest BCUT2D eigenvalue weighted by Crippen LogP contribution is 2.39. The summed E-state index contributed by atoms with van der Waals surface area (Å²) in [6, 6.07) is 18.1. The molecule has 7 nitrogen and oxygen atoms in total. The van der Waals surface area contributed by atoms with Gasteiger partial charge in [-0.05, 0) is 35.4 Å². The molecule has 178 valence electrons. The Kier molecular flexibility index (Phi) is 8.63. The molecule has 0 aliphatic carbocycles. The molecule has 0 radical (unpaired) electrons. The second-order valence-corrected chi connectivity index (χ2v) is 7.24. The fraction of sp³-hybridized carbons (Fsp3) is 0.259. The summed E-state index contributed by atoms with van der Waals surface area (Å²) in [4.78, 5) is 0. The zero-order chi connectivity index (χ0) is 24.5. The molecule has 7 heteroatoms. The van der Waals surface area contributed by atoms with Crippen LogP contribution in [0.2, 0.25) is 0 Å². The first-order valence-electron chi connectivity index (χ1n) is 10.5. The highest BCUT2D eigenvalue weighted by molar-refractivity contribution is 5.55. The Bertz CT molecular complexity index is 1120. The fourth-order valence-corrected chi connectivity index (χ4v) is 3.29. The van der Waals surface area contributed by atoms with Crippen molar-refractivity contribution in [1.82, 2.24) is 0 Å². The van der Waals surface area contributed by atoms with Crippen molar-refractivity contribution in [2.45, 2.75) is 18.8 Å². The van der Waals surface area contributed by atoms with Crippen LogP contribution < -0.4 is 23.7 Å². The maximum Gasteiger partial charge on any atom is 0.203 e. The van der Waals surface area contributed by atoms with E-state index in [0.717, 1.165) is 5.56 Å². The Balaban J connectivity index is 1.76. The second-order valence-electron chi connectivity index (χ2n) is 7.24. The minimum Gasteiger partial charge on any atom is -0.493 e. The molecule has 3 aromatic rings. The van der Waals surface area contributed by atoms with Crippen LogP contribution >= 0.6 is 0 Å². The molecule has 2 unspecified atom stereocenters. The van der Waals surface area contributed by atoms with Crippen molar-refractivity contribution in [1.29, 1.82) is 0 Å². The van der Waals surface area contributed by atoms with Gasteiger partial charge in [0.1, 0.15) is 18.8 Å². The predicted molar refractivity (Wildman–Crippen MR) is 128 cm³/mol. The Morgan fingerprint density at radius 1 is 0.647 bits per heavy atom. The first-order chi connectivity index (χ1) is 16.5. The lowest BCUT2D eigenvalue weighted by Gasteiger charge is -2.15. The molecule has 0 saturated heterocycles. The monoisotopic (exact) mass is 464 g/mol. The van der Waals surface area contributed by atoms with Crippen LogP contribution in [0.5, 0.6) is 28.7 Å². The summed E-state index contributed by atoms with van der Waals surface area (Å²) >= 11 is 0. The summed E-state index contributed by atoms with van der Waals surface area (Å²) in [6.07, 6.45) is -2.33. The topological polar surface area (TPSA) is 86.6 Å². The van der Waals surface area contributed by atoms with Gasteiger partial charge >= 0.3 is 0 Å². The van der Waals surface area contributed by atoms with Gasteiger partial charge in [-0.3, -0.25) is 0 Å². The van der Waals surface area contributed by atoms with Gasteiger partial charge in [0.2, 0.25) is 5.75 Å². The lowest BCUT2D eigenvalue weighted by atomic mass is 10.1. The summed E-state index contributed by atoms with van der Waals surface area (Å²) in [5, 5.41) is 21.1. The average Bonchev–Trinajstić information content (AvgIpc) is 2.89. The van der Waals surface area contributed by atoms with E-state index >= 15 is 0 Å². The van der Waals surface area contributed by atoms with Crippen LogP contribution in [0, 0.1) is 11.8 Å². The first-order valence-corrected chi connectivity index (χ1v) is 10.5. The number of ether oxygens (including phenoxy) is 5. The normalized spacial score (nSPS) is 12.1. The van der Waals surface area contributed by atoms with E-state index in [0.29, 0.717) is 46.5 Å². The van der Waals surface area contributed by atoms with E-state index in [1.165, 1.54) is 28.4 Å². The Morgan fingerprint density at radius 3 is 1.76 bits per heavy atom. The molecule has 0 aliphatic heterocycles. The zero-order valence-corrected chi connectivity index (χ0v) is 19.6. The summed E-state index contributed by atoms with van der Waals surface area (Å²) in [7, 11) is 6.01. The van der Waals surface area contributed by atoms with Crippen molar-refractivity contribution in [3.8, 4) is 40.6 Å². The van der Waals surface area contributed by atoms with Crippen LogP contribution in [0.4, 0.5) is 0 Å². The van der Waals surface area contributed by atoms with E-state index in [4.69, 9.17) is 23.7 Å². The molecule has 34 heavy (non-hydrogen) atoms. The summed E-state index contributed by atoms with van der Waals surface area (Å²) in [5.74, 6) is 7.57. The third-order valence-corrected chi connectivity index (χ3v) is 5.10. The molecule has 2 atom stereocenters. The highest BCUT2D eigenvalue weighted by atomic mass is 16.5. The number of hydrogen-bond acceptors (Lipinski definition) is 7. The molecule has 3 rings (SSSR count). The summed E-state index contributed by atoms with van der Waals surface area (Å²) < 4.78 is 27.2. The van der Waals surface area contributed by atoms with Crippen LogP contribution in [0.3, 0.4) is 0 Å². The number of hydrogen-bond donors (Lipinski definition) is 2. The number of benzene rings is 3. The van der Waals surface area contributed by atoms with E-state index < -0.39 is 12.2 Å². The van der Waals surface area contributed by atoms with Gasteiger partial charge in [0.25, 0.3) is 0 Å². The first kappa shape index (κ1) is 24.8. The molecule has 0 heterocycles. The number of rotatable bonds is 9. The van der Waals surface area contributed by atoms with Crippen molar-refractivity contribution in [2.24, 2.45) is 0 Å². The molecule has 0 saturated carbocycles. The van der Waals surface area contributed by atoms with E-state index in [2.05, 4.69) is 11.8 Å². The Hall–Kier alpha value is -3.86. The van der Waals surface area contributed by atoms with Gasteiger partial charge in [-0.25, -0.2) is 0 Å². The SMILES string of the molecule is COc1cc(C(O)C#CC(O)c2cc(OC)c(OC)c(OC)c2)ccc1OCc1ccccc1. The second kappa shape index (κ2) is 11.8. The molecule has 0 aromatic heterocycles. The Morgan fingerprint density at radius 2 is 1.21 bits per heavy atom. The van der Waals surface area contributed by atoms with Gasteiger partial charge in [0.15, 0.2) is 23.0 Å². The van der Waals surface area contributed by atoms with E-state index in [-0.39, 0.29) is 0 Å². The minimum absolute atomic E-state index is 0.389. The molecule has 0 amide bonds. The number of aliphatic hydroxyl groups excluding tert-OH is 2. The molecule has 3 aromatic carbocycles. The maximum atomic E-state index is 10.6. The largest absolute Gasteiger partial charge is 0.493 e. The highest BCUT2D eigenvalue weighted by Gasteiger charge is 2.17. The molecular weight excluding hydrogens is 436 g/mol. The molecular formula is C27H28O7. The predicted octanol–water partition coefficient (Wildman–Crippen LogP) is 4.07. The van der Waals surface area contributed by atoms with Gasteiger partial charge in [-0.1, -0.05) is 48.2 Å². The number of methoxy groups -OCH3 is 4. The third kappa shape index (κ3) is 5.93. The zero-order valence-electron chi connectivity index (χ0n) is 19.6. The maximum absolute atomic E-state index is 10.6. The van der Waals surface area contributed by atoms with Crippen molar-refractivity contribution >= 4 is 0 Å². The number of aliphatic hydroxyl groups is 2. The average molecular weight is 465 g/mol. The van der Waals surface area contributed by atoms with Gasteiger partial charge in [0, 0.05) is 5.56 Å². The lowest BCUT2D eigenvalue weighted by molar-refractivity contribution is 0.226. The molecule has 0 fully saturated rings. The van der Waals surface area contributed by atoms with Crippen LogP contribution in [0.15, 0.2) is 60.7 Å². The Labute approximate surface area is 199 Å². The fourth-order valence-electron chi connectivity index (χ4n) is 3.29. The minimum atomic E-state index is -1.18. The summed E-state index contributed by atoms with van der Waals surface area (Å²) in [6.45, 7) is 0.389. The standard InChI is InChI=1S/C27H28O7/c1-30-24-14-19(10-13-23(24)34-17-18-8-6-5-7-9-18)21(28)11-12-22(29)20-15-25(31-2)27(33-4)26(16-20)32-3/h5-10,13-16,21-22,28-29H,17H2,1-4H3. The van der Waals surface area contributed by atoms with Crippen LogP contribution in [0.1, 0.15) is 28.9 Å². The quantitative estimate of drug-likeness (QED) is 0.462. The molecule has 0 bridgehead atoms. The van der Waals surface area contributed by atoms with Crippen LogP contribution in [-0.2, 0) is 6.61 Å². The van der Waals surface area contributed by atoms with Gasteiger partial charge in [-0.15, -0.1) is 0 Å². The van der Waals surface area contributed by atoms with E-state index in [1.54, 1.807) is 30.3 Å². The third-order valence-electron chi connectivity index (χ3n) is 5.10. The van der Waals surface area contributed by atoms with Gasteiger partial charge < -0.3 is 33.9 Å². The van der Waals surface area contributed by atoms with Crippen LogP contribution in [-0.4, -0.2) is 38.7 Å². The van der Waals surface area contributed by atoms with Crippen molar-refractivity contribution in [3.05, 3.63) is 77.4 Å².